The van der Waals surface area contributed by atoms with E-state index in [1.54, 1.807) is 0 Å². The minimum Gasteiger partial charge on any atom is -0.489 e. The predicted octanol–water partition coefficient (Wildman–Crippen LogP) is 2.02. The van der Waals surface area contributed by atoms with Crippen molar-refractivity contribution >= 4 is 0 Å². The fourth-order valence-corrected chi connectivity index (χ4v) is 2.02. The predicted molar refractivity (Wildman–Crippen MR) is 62.2 cm³/mol. The lowest BCUT2D eigenvalue weighted by Gasteiger charge is -2.12. The van der Waals surface area contributed by atoms with Crippen molar-refractivity contribution in [2.24, 2.45) is 0 Å². The van der Waals surface area contributed by atoms with E-state index >= 15 is 0 Å². The average molecular weight is 216 g/mol. The minimum absolute atomic E-state index is 0.195. The van der Waals surface area contributed by atoms with Crippen LogP contribution in [0.4, 0.5) is 0 Å². The van der Waals surface area contributed by atoms with Crippen molar-refractivity contribution in [3.63, 3.8) is 0 Å². The number of hydrogen-bond acceptors (Lipinski definition) is 3. The van der Waals surface area contributed by atoms with E-state index < -0.39 is 0 Å². The van der Waals surface area contributed by atoms with E-state index in [2.05, 4.69) is 24.4 Å². The summed E-state index contributed by atoms with van der Waals surface area (Å²) in [4.78, 5) is 0. The van der Waals surface area contributed by atoms with E-state index in [1.165, 1.54) is 5.56 Å². The third-order valence-electron chi connectivity index (χ3n) is 2.81. The maximum Gasteiger partial charge on any atom is 0.120 e. The Bertz CT molecular complexity index is 397. The maximum atomic E-state index is 8.61. The molecule has 3 nitrogen and oxygen atoms in total. The lowest BCUT2D eigenvalue weighted by Crippen LogP contribution is -2.21. The Morgan fingerprint density at radius 2 is 2.44 bits per heavy atom. The van der Waals surface area contributed by atoms with Gasteiger partial charge in [-0.15, -0.1) is 0 Å². The van der Waals surface area contributed by atoms with Crippen LogP contribution in [0, 0.1) is 18.3 Å². The molecule has 0 aliphatic carbocycles. The lowest BCUT2D eigenvalue weighted by molar-refractivity contribution is 0.220. The Morgan fingerprint density at radius 3 is 3.19 bits per heavy atom. The average Bonchev–Trinajstić information content (AvgIpc) is 2.66. The molecule has 16 heavy (non-hydrogen) atoms. The third kappa shape index (κ3) is 2.74. The first-order valence-corrected chi connectivity index (χ1v) is 5.61. The molecule has 0 aromatic heterocycles. The van der Waals surface area contributed by atoms with E-state index in [0.29, 0.717) is 12.5 Å². The van der Waals surface area contributed by atoms with Crippen LogP contribution < -0.4 is 10.1 Å². The maximum absolute atomic E-state index is 8.61. The number of rotatable bonds is 3. The molecule has 2 atom stereocenters. The second-order valence-corrected chi connectivity index (χ2v) is 4.26. The second kappa shape index (κ2) is 5.00. The molecule has 0 radical (unpaired) electrons. The Hall–Kier alpha value is -1.53. The van der Waals surface area contributed by atoms with Crippen LogP contribution in [0.1, 0.15) is 18.4 Å². The van der Waals surface area contributed by atoms with Crippen molar-refractivity contribution in [1.82, 2.24) is 5.32 Å². The molecule has 1 aliphatic rings. The first-order chi connectivity index (χ1) is 7.78. The molecule has 0 bridgehead atoms. The van der Waals surface area contributed by atoms with Gasteiger partial charge in [-0.05, 0) is 24.6 Å². The molecular weight excluding hydrogens is 200 g/mol. The zero-order valence-corrected chi connectivity index (χ0v) is 9.44. The van der Waals surface area contributed by atoms with Gasteiger partial charge in [0.05, 0.1) is 12.5 Å². The van der Waals surface area contributed by atoms with Crippen molar-refractivity contribution < 1.29 is 4.74 Å². The van der Waals surface area contributed by atoms with E-state index in [-0.39, 0.29) is 6.10 Å². The summed E-state index contributed by atoms with van der Waals surface area (Å²) in [5.74, 6) is 0.921. The van der Waals surface area contributed by atoms with Gasteiger partial charge in [-0.2, -0.15) is 5.26 Å². The monoisotopic (exact) mass is 216 g/mol. The number of nitrogens with one attached hydrogen (secondary N) is 1. The van der Waals surface area contributed by atoms with Crippen molar-refractivity contribution in [1.29, 1.82) is 5.26 Å². The van der Waals surface area contributed by atoms with Crippen LogP contribution in [0.2, 0.25) is 0 Å². The summed E-state index contributed by atoms with van der Waals surface area (Å²) < 4.78 is 5.86. The highest BCUT2D eigenvalue weighted by Gasteiger charge is 2.25. The van der Waals surface area contributed by atoms with Crippen LogP contribution in [0.5, 0.6) is 5.75 Å². The van der Waals surface area contributed by atoms with Gasteiger partial charge in [0.2, 0.25) is 0 Å². The Morgan fingerprint density at radius 1 is 1.56 bits per heavy atom. The molecule has 1 heterocycles. The molecule has 84 valence electrons. The number of ether oxygens (including phenoxy) is 1. The van der Waals surface area contributed by atoms with Gasteiger partial charge < -0.3 is 10.1 Å². The number of nitrogens with zero attached hydrogens (tertiary/aromatic N) is 1. The van der Waals surface area contributed by atoms with Crippen molar-refractivity contribution in [2.75, 3.05) is 6.54 Å². The molecule has 1 saturated heterocycles. The molecule has 2 rings (SSSR count). The molecule has 0 amide bonds. The van der Waals surface area contributed by atoms with Crippen LogP contribution in [0.25, 0.3) is 0 Å². The van der Waals surface area contributed by atoms with Gasteiger partial charge in [0.15, 0.2) is 0 Å². The molecule has 1 aliphatic heterocycles. The molecule has 0 saturated carbocycles. The summed E-state index contributed by atoms with van der Waals surface area (Å²) in [5.41, 5.74) is 1.21. The molecule has 2 unspecified atom stereocenters. The topological polar surface area (TPSA) is 45.0 Å². The summed E-state index contributed by atoms with van der Waals surface area (Å²) in [6.45, 7) is 2.89. The van der Waals surface area contributed by atoms with E-state index in [0.717, 1.165) is 18.7 Å². The first kappa shape index (κ1) is 11.0. The fraction of sp³-hybridized carbons (Fsp3) is 0.462. The van der Waals surface area contributed by atoms with E-state index in [4.69, 9.17) is 10.00 Å². The molecule has 1 N–H and O–H groups in total. The lowest BCUT2D eigenvalue weighted by atomic mass is 10.1. The van der Waals surface area contributed by atoms with Crippen molar-refractivity contribution in [2.45, 2.75) is 31.9 Å². The van der Waals surface area contributed by atoms with Gasteiger partial charge in [-0.1, -0.05) is 12.1 Å². The Kier molecular flexibility index (Phi) is 3.43. The highest BCUT2D eigenvalue weighted by molar-refractivity contribution is 5.27. The van der Waals surface area contributed by atoms with Crippen LogP contribution >= 0.6 is 0 Å². The van der Waals surface area contributed by atoms with Gasteiger partial charge in [0, 0.05) is 19.0 Å². The summed E-state index contributed by atoms with van der Waals surface area (Å²) in [6, 6.07) is 10.5. The SMILES string of the molecule is Cc1cccc(OC2CNC(CC#N)C2)c1. The Labute approximate surface area is 96.0 Å². The molecule has 1 aromatic carbocycles. The largest absolute Gasteiger partial charge is 0.489 e. The quantitative estimate of drug-likeness (QED) is 0.840. The van der Waals surface area contributed by atoms with Crippen molar-refractivity contribution in [3.05, 3.63) is 29.8 Å². The van der Waals surface area contributed by atoms with E-state index in [1.807, 2.05) is 18.2 Å². The van der Waals surface area contributed by atoms with Gasteiger partial charge in [-0.3, -0.25) is 0 Å². The molecule has 1 fully saturated rings. The smallest absolute Gasteiger partial charge is 0.120 e. The molecule has 0 spiro atoms. The zero-order chi connectivity index (χ0) is 11.4. The molecular formula is C13H16N2O. The van der Waals surface area contributed by atoms with Crippen LogP contribution in [0.15, 0.2) is 24.3 Å². The number of aryl methyl sites for hydroxylation is 1. The van der Waals surface area contributed by atoms with Gasteiger partial charge >= 0.3 is 0 Å². The highest BCUT2D eigenvalue weighted by Crippen LogP contribution is 2.19. The summed E-state index contributed by atoms with van der Waals surface area (Å²) in [7, 11) is 0. The molecule has 3 heteroatoms. The standard InChI is InChI=1S/C13H16N2O/c1-10-3-2-4-12(7-10)16-13-8-11(5-6-14)15-9-13/h2-4,7,11,13,15H,5,8-9H2,1H3. The number of benzene rings is 1. The van der Waals surface area contributed by atoms with Crippen LogP contribution in [-0.2, 0) is 0 Å². The summed E-state index contributed by atoms with van der Waals surface area (Å²) in [5, 5.41) is 11.9. The van der Waals surface area contributed by atoms with Gasteiger partial charge in [0.1, 0.15) is 11.9 Å². The fourth-order valence-electron chi connectivity index (χ4n) is 2.02. The van der Waals surface area contributed by atoms with Gasteiger partial charge in [-0.25, -0.2) is 0 Å². The number of hydrogen-bond donors (Lipinski definition) is 1. The minimum atomic E-state index is 0.195. The van der Waals surface area contributed by atoms with E-state index in [9.17, 15) is 0 Å². The van der Waals surface area contributed by atoms with Crippen LogP contribution in [-0.4, -0.2) is 18.7 Å². The zero-order valence-electron chi connectivity index (χ0n) is 9.44. The normalized spacial score (nSPS) is 24.0. The van der Waals surface area contributed by atoms with Crippen molar-refractivity contribution in [3.8, 4) is 11.8 Å². The highest BCUT2D eigenvalue weighted by atomic mass is 16.5. The second-order valence-electron chi connectivity index (χ2n) is 4.26. The molecule has 1 aromatic rings. The summed E-state index contributed by atoms with van der Waals surface area (Å²) in [6.07, 6.45) is 1.68. The van der Waals surface area contributed by atoms with Gasteiger partial charge in [0.25, 0.3) is 0 Å². The van der Waals surface area contributed by atoms with Crippen LogP contribution in [0.3, 0.4) is 0 Å². The third-order valence-corrected chi connectivity index (χ3v) is 2.81. The Balaban J connectivity index is 1.90. The first-order valence-electron chi connectivity index (χ1n) is 5.61. The summed E-state index contributed by atoms with van der Waals surface area (Å²) >= 11 is 0. The number of nitriles is 1.